The minimum absolute atomic E-state index is 0. The molecule has 8 aromatic rings. The number of carbonyl (C=O) groups is 2. The van der Waals surface area contributed by atoms with Gasteiger partial charge < -0.3 is 48.5 Å². The average Bonchev–Trinajstić information content (AvgIpc) is 4.01. The van der Waals surface area contributed by atoms with Crippen LogP contribution >= 0.6 is 12.4 Å². The molecule has 0 bridgehead atoms. The van der Waals surface area contributed by atoms with Crippen molar-refractivity contribution >= 4 is 69.3 Å². The molecule has 4 aromatic heterocycles. The molecule has 0 unspecified atom stereocenters. The molecule has 4 aromatic carbocycles. The third kappa shape index (κ3) is 12.3. The minimum Gasteiger partial charge on any atom is -0.504 e. The number of carbonyl (C=O) groups excluding carboxylic acids is 2. The number of halogens is 7. The largest absolute Gasteiger partial charge is 0.504 e. The number of ether oxygens (including phenoxy) is 5. The Balaban J connectivity index is 0.000000238. The first-order chi connectivity index (χ1) is 34.5. The first-order valence-corrected chi connectivity index (χ1v) is 21.2. The van der Waals surface area contributed by atoms with Gasteiger partial charge in [0.25, 0.3) is 0 Å². The number of nitrogens with one attached hydrogen (secondary N) is 4. The molecule has 5 N–H and O–H groups in total. The fourth-order valence-corrected chi connectivity index (χ4v) is 6.33. The third-order valence-corrected chi connectivity index (χ3v) is 10.8. The number of benzene rings is 4. The second-order valence-electron chi connectivity index (χ2n) is 16.4. The van der Waals surface area contributed by atoms with Crippen LogP contribution in [0.25, 0.3) is 21.8 Å². The summed E-state index contributed by atoms with van der Waals surface area (Å²) in [5.74, 6) is 0.952. The molecule has 0 aliphatic heterocycles. The van der Waals surface area contributed by atoms with Crippen molar-refractivity contribution in [1.29, 1.82) is 0 Å². The molecule has 0 saturated carbocycles. The number of urea groups is 2. The van der Waals surface area contributed by atoms with Crippen molar-refractivity contribution in [2.45, 2.75) is 50.9 Å². The number of fused-ring (bicyclic) bond motifs is 2. The van der Waals surface area contributed by atoms with Gasteiger partial charge in [0, 0.05) is 47.8 Å². The van der Waals surface area contributed by atoms with E-state index in [-0.39, 0.29) is 47.3 Å². The summed E-state index contributed by atoms with van der Waals surface area (Å²) >= 11 is 0. The summed E-state index contributed by atoms with van der Waals surface area (Å²) in [6, 6.07) is 19.6. The number of alkyl halides is 6. The lowest BCUT2D eigenvalue weighted by atomic mass is 9.89. The van der Waals surface area contributed by atoms with Crippen molar-refractivity contribution in [3.8, 4) is 46.3 Å². The van der Waals surface area contributed by atoms with E-state index >= 15 is 0 Å². The van der Waals surface area contributed by atoms with Crippen molar-refractivity contribution in [3.05, 3.63) is 109 Å². The number of aromatic nitrogens is 6. The van der Waals surface area contributed by atoms with Crippen molar-refractivity contribution in [3.63, 3.8) is 0 Å². The highest BCUT2D eigenvalue weighted by atomic mass is 35.5. The zero-order valence-corrected chi connectivity index (χ0v) is 40.5. The van der Waals surface area contributed by atoms with Gasteiger partial charge in [0.05, 0.1) is 43.1 Å². The van der Waals surface area contributed by atoms with Crippen molar-refractivity contribution < 1.29 is 73.8 Å². The van der Waals surface area contributed by atoms with Crippen molar-refractivity contribution in [2.75, 3.05) is 42.6 Å². The van der Waals surface area contributed by atoms with Crippen molar-refractivity contribution in [2.24, 2.45) is 0 Å². The SMILES string of the molecule is COc1cc2c(Oc3cccc(NC(=O)Nc4cc(C(C)(C)C(F)(F)F)on4)c3)ncnc2cc1O.COc1cc2ncnc(Oc3cccc(NC(=O)Nc4cc(C(C)(C)C(F)(F)F)on4)c3)c2cc1OC.Cl. The summed E-state index contributed by atoms with van der Waals surface area (Å²) in [5, 5.41) is 27.8. The standard InChI is InChI=1S/C24H22F3N5O5.C23H20F3N5O5.ClH/c1-23(2,24(25,26)27)19-11-20(32-37-19)31-22(33)30-13-6-5-7-14(8-13)36-21-15-9-17(34-3)18(35-4)10-16(15)28-12-29-21;1-22(2,23(24,25)26)18-10-19(31-36-18)30-21(33)29-12-5-4-6-13(7-12)35-20-14-8-17(34-3)16(32)9-15(14)27-11-28-20;/h5-12H,1-4H3,(H2,30,31,32,33);4-11,32H,1-3H3,(H2,29,30,31,33);1H. The Bertz CT molecular complexity index is 3300. The molecule has 0 aliphatic rings. The number of rotatable bonds is 13. The Morgan fingerprint density at radius 3 is 1.36 bits per heavy atom. The number of aromatic hydroxyl groups is 1. The molecule has 8 rings (SSSR count). The van der Waals surface area contributed by atoms with E-state index in [9.17, 15) is 41.0 Å². The number of phenolic OH excluding ortho intramolecular Hbond substituents is 1. The summed E-state index contributed by atoms with van der Waals surface area (Å²) < 4.78 is 116. The smallest absolute Gasteiger partial charge is 0.401 e. The van der Waals surface area contributed by atoms with Gasteiger partial charge in [0.2, 0.25) is 11.8 Å². The van der Waals surface area contributed by atoms with Crippen LogP contribution in [0.1, 0.15) is 39.2 Å². The molecule has 0 spiro atoms. The van der Waals surface area contributed by atoms with Gasteiger partial charge in [-0.15, -0.1) is 12.4 Å². The zero-order chi connectivity index (χ0) is 52.9. The van der Waals surface area contributed by atoms with Crippen LogP contribution in [0.4, 0.5) is 58.9 Å². The molecule has 20 nitrogen and oxygen atoms in total. The highest BCUT2D eigenvalue weighted by Gasteiger charge is 2.52. The lowest BCUT2D eigenvalue weighted by Crippen LogP contribution is -2.35. The van der Waals surface area contributed by atoms with Gasteiger partial charge in [-0.1, -0.05) is 22.4 Å². The fraction of sp³-hybridized carbons (Fsp3) is 0.234. The van der Waals surface area contributed by atoms with E-state index in [0.29, 0.717) is 56.2 Å². The molecule has 4 heterocycles. The molecular weight excluding hydrogens is 1010 g/mol. The zero-order valence-electron chi connectivity index (χ0n) is 39.7. The number of phenols is 1. The molecule has 4 amide bonds. The molecule has 0 radical (unpaired) electrons. The predicted octanol–water partition coefficient (Wildman–Crippen LogP) is 11.9. The number of hydrogen-bond donors (Lipinski definition) is 5. The molecule has 0 atom stereocenters. The van der Waals surface area contributed by atoms with Crippen LogP contribution < -0.4 is 45.0 Å². The molecule has 0 fully saturated rings. The molecule has 0 aliphatic carbocycles. The van der Waals surface area contributed by atoms with Crippen molar-refractivity contribution in [1.82, 2.24) is 30.2 Å². The lowest BCUT2D eigenvalue weighted by molar-refractivity contribution is -0.186. The van der Waals surface area contributed by atoms with E-state index in [0.717, 1.165) is 39.8 Å². The van der Waals surface area contributed by atoms with Gasteiger partial charge in [-0.2, -0.15) is 26.3 Å². The highest BCUT2D eigenvalue weighted by Crippen LogP contribution is 2.43. The molecule has 27 heteroatoms. The Kier molecular flexibility index (Phi) is 16.1. The Hall–Kier alpha value is -8.81. The summed E-state index contributed by atoms with van der Waals surface area (Å²) in [4.78, 5) is 41.4. The maximum Gasteiger partial charge on any atom is 0.401 e. The maximum atomic E-state index is 13.2. The number of anilines is 4. The molecule has 0 saturated heterocycles. The van der Waals surface area contributed by atoms with Crippen LogP contribution in [0.2, 0.25) is 0 Å². The summed E-state index contributed by atoms with van der Waals surface area (Å²) in [6.45, 7) is 3.80. The number of nitrogens with zero attached hydrogens (tertiary/aromatic N) is 6. The van der Waals surface area contributed by atoms with Crippen LogP contribution in [-0.2, 0) is 10.8 Å². The first-order valence-electron chi connectivity index (χ1n) is 21.2. The number of methoxy groups -OCH3 is 3. The Morgan fingerprint density at radius 1 is 0.541 bits per heavy atom. The first kappa shape index (κ1) is 54.5. The van der Waals surface area contributed by atoms with E-state index in [1.54, 1.807) is 48.5 Å². The summed E-state index contributed by atoms with van der Waals surface area (Å²) in [6.07, 6.45) is -6.51. The van der Waals surface area contributed by atoms with Crippen LogP contribution in [-0.4, -0.2) is 81.1 Å². The second kappa shape index (κ2) is 21.9. The van der Waals surface area contributed by atoms with Gasteiger partial charge in [-0.3, -0.25) is 10.6 Å². The Labute approximate surface area is 421 Å². The topological polar surface area (TPSA) is 252 Å². The quantitative estimate of drug-likeness (QED) is 0.0673. The van der Waals surface area contributed by atoms with Crippen LogP contribution in [0.15, 0.2) is 107 Å². The normalized spacial score (nSPS) is 11.6. The highest BCUT2D eigenvalue weighted by molar-refractivity contribution is 6.00. The number of hydrogen-bond acceptors (Lipinski definition) is 16. The van der Waals surface area contributed by atoms with Gasteiger partial charge in [0.1, 0.15) is 35.0 Å². The maximum absolute atomic E-state index is 13.2. The second-order valence-corrected chi connectivity index (χ2v) is 16.4. The van der Waals surface area contributed by atoms with Crippen LogP contribution in [0.5, 0.6) is 46.3 Å². The van der Waals surface area contributed by atoms with E-state index in [2.05, 4.69) is 51.5 Å². The monoisotopic (exact) mass is 1060 g/mol. The Morgan fingerprint density at radius 2 is 0.946 bits per heavy atom. The number of amides is 4. The molecule has 74 heavy (non-hydrogen) atoms. The summed E-state index contributed by atoms with van der Waals surface area (Å²) in [7, 11) is 4.43. The van der Waals surface area contributed by atoms with Gasteiger partial charge in [-0.05, 0) is 64.1 Å². The van der Waals surface area contributed by atoms with Crippen LogP contribution in [0.3, 0.4) is 0 Å². The van der Waals surface area contributed by atoms with E-state index in [1.165, 1.54) is 58.2 Å². The summed E-state index contributed by atoms with van der Waals surface area (Å²) in [5.41, 5.74) is -2.91. The predicted molar refractivity (Wildman–Crippen MR) is 257 cm³/mol. The molecule has 390 valence electrons. The van der Waals surface area contributed by atoms with Crippen LogP contribution in [0, 0.1) is 0 Å². The fourth-order valence-electron chi connectivity index (χ4n) is 6.33. The van der Waals surface area contributed by atoms with E-state index < -0.39 is 46.8 Å². The minimum atomic E-state index is -4.56. The van der Waals surface area contributed by atoms with Gasteiger partial charge >= 0.3 is 24.4 Å². The van der Waals surface area contributed by atoms with E-state index in [1.807, 2.05) is 0 Å². The lowest BCUT2D eigenvalue weighted by Gasteiger charge is -2.24. The molecular formula is C47H43ClF6N10O10. The van der Waals surface area contributed by atoms with Gasteiger partial charge in [-0.25, -0.2) is 29.5 Å². The third-order valence-electron chi connectivity index (χ3n) is 10.8. The average molecular weight is 1060 g/mol. The van der Waals surface area contributed by atoms with E-state index in [4.69, 9.17) is 32.7 Å². The van der Waals surface area contributed by atoms with Gasteiger partial charge in [0.15, 0.2) is 46.2 Å².